The van der Waals surface area contributed by atoms with Crippen LogP contribution in [0, 0.1) is 5.82 Å². The number of methoxy groups -OCH3 is 1. The Morgan fingerprint density at radius 1 is 1.16 bits per heavy atom. The van der Waals surface area contributed by atoms with E-state index in [2.05, 4.69) is 15.2 Å². The Balaban J connectivity index is 1.61. The fraction of sp³-hybridized carbons (Fsp3) is 0.333. The normalized spacial score (nSPS) is 16.4. The number of rotatable bonds is 2. The Morgan fingerprint density at radius 2 is 1.95 bits per heavy atom. The first kappa shape index (κ1) is 24.0. The largest absolute Gasteiger partial charge is 0.494 e. The Bertz CT molecular complexity index is 1560. The number of nitrogens with zero attached hydrogens (tertiary/aromatic N) is 5. The highest BCUT2D eigenvalue weighted by molar-refractivity contribution is 5.92. The molecular formula is C27H26FN5O5. The number of anilines is 1. The molecule has 4 aromatic rings. The van der Waals surface area contributed by atoms with Gasteiger partial charge in [-0.05, 0) is 51.1 Å². The Hall–Kier alpha value is -4.41. The summed E-state index contributed by atoms with van der Waals surface area (Å²) in [6, 6.07) is 8.28. The molecule has 0 aliphatic carbocycles. The standard InChI is InChI=1S/C27H26FN5O5/c1-27(2,3)38-26(34)32-11-17-18(28)7-8-19-22(17)15(12-36-19)13-37-21-10-16(23-20(35-4)6-5-9-29-23)24-31-30-14-33(24)25(21)32/h5-10,14-15H,11-13H2,1-4H3. The number of hydrogen-bond acceptors (Lipinski definition) is 8. The van der Waals surface area contributed by atoms with Gasteiger partial charge in [-0.2, -0.15) is 0 Å². The maximum absolute atomic E-state index is 15.3. The van der Waals surface area contributed by atoms with E-state index in [0.29, 0.717) is 57.7 Å². The Kier molecular flexibility index (Phi) is 5.59. The van der Waals surface area contributed by atoms with E-state index < -0.39 is 17.5 Å². The smallest absolute Gasteiger partial charge is 0.416 e. The minimum absolute atomic E-state index is 0.111. The number of benzene rings is 1. The molecule has 1 aromatic carbocycles. The van der Waals surface area contributed by atoms with E-state index >= 15 is 4.39 Å². The molecule has 2 aliphatic rings. The van der Waals surface area contributed by atoms with Crippen molar-refractivity contribution >= 4 is 17.6 Å². The van der Waals surface area contributed by atoms with Crippen LogP contribution in [-0.4, -0.2) is 51.6 Å². The summed E-state index contributed by atoms with van der Waals surface area (Å²) in [5.41, 5.74) is 1.78. The Morgan fingerprint density at radius 3 is 2.71 bits per heavy atom. The fourth-order valence-electron chi connectivity index (χ4n) is 4.90. The zero-order chi connectivity index (χ0) is 26.6. The molecule has 1 unspecified atom stereocenters. The van der Waals surface area contributed by atoms with Crippen LogP contribution in [-0.2, 0) is 11.3 Å². The number of amides is 1. The van der Waals surface area contributed by atoms with Gasteiger partial charge >= 0.3 is 6.09 Å². The van der Waals surface area contributed by atoms with Gasteiger partial charge in [0.1, 0.15) is 34.9 Å². The summed E-state index contributed by atoms with van der Waals surface area (Å²) < 4.78 is 40.5. The molecule has 11 heteroatoms. The monoisotopic (exact) mass is 519 g/mol. The first-order chi connectivity index (χ1) is 18.2. The Labute approximate surface area is 217 Å². The topological polar surface area (TPSA) is 100 Å². The average molecular weight is 520 g/mol. The van der Waals surface area contributed by atoms with Crippen molar-refractivity contribution in [3.05, 3.63) is 59.8 Å². The highest BCUT2D eigenvalue weighted by Crippen LogP contribution is 2.44. The number of carbonyl (C=O) groups excluding carboxylic acids is 1. The van der Waals surface area contributed by atoms with Crippen molar-refractivity contribution in [2.45, 2.75) is 38.8 Å². The first-order valence-corrected chi connectivity index (χ1v) is 12.2. The molecule has 1 amide bonds. The molecular weight excluding hydrogens is 493 g/mol. The summed E-state index contributed by atoms with van der Waals surface area (Å²) in [7, 11) is 1.56. The molecule has 2 aliphatic heterocycles. The lowest BCUT2D eigenvalue weighted by molar-refractivity contribution is 0.0574. The van der Waals surface area contributed by atoms with E-state index in [-0.39, 0.29) is 19.1 Å². The van der Waals surface area contributed by atoms with Crippen LogP contribution in [0.25, 0.3) is 16.9 Å². The molecule has 0 fully saturated rings. The van der Waals surface area contributed by atoms with Crippen molar-refractivity contribution in [1.29, 1.82) is 0 Å². The highest BCUT2D eigenvalue weighted by atomic mass is 19.1. The molecule has 38 heavy (non-hydrogen) atoms. The SMILES string of the molecule is COc1cccnc1-c1cc2c(n3cnnc13)N(C(=O)OC(C)(C)C)Cc1c(F)ccc3c1C(CO3)CO2. The van der Waals surface area contributed by atoms with E-state index in [4.69, 9.17) is 18.9 Å². The van der Waals surface area contributed by atoms with Crippen LogP contribution in [0.1, 0.15) is 37.8 Å². The van der Waals surface area contributed by atoms with E-state index in [9.17, 15) is 4.79 Å². The van der Waals surface area contributed by atoms with Crippen molar-refractivity contribution in [3.8, 4) is 28.5 Å². The fourth-order valence-corrected chi connectivity index (χ4v) is 4.90. The molecule has 3 aromatic heterocycles. The van der Waals surface area contributed by atoms with Gasteiger partial charge in [-0.1, -0.05) is 0 Å². The highest BCUT2D eigenvalue weighted by Gasteiger charge is 2.37. The molecule has 0 spiro atoms. The van der Waals surface area contributed by atoms with Gasteiger partial charge < -0.3 is 18.9 Å². The van der Waals surface area contributed by atoms with Crippen molar-refractivity contribution in [1.82, 2.24) is 19.6 Å². The molecule has 0 N–H and O–H groups in total. The minimum Gasteiger partial charge on any atom is -0.494 e. The van der Waals surface area contributed by atoms with Gasteiger partial charge in [0.2, 0.25) is 0 Å². The lowest BCUT2D eigenvalue weighted by Crippen LogP contribution is -2.38. The van der Waals surface area contributed by atoms with Gasteiger partial charge in [0, 0.05) is 17.3 Å². The molecule has 0 radical (unpaired) electrons. The number of halogens is 1. The van der Waals surface area contributed by atoms with E-state index in [1.54, 1.807) is 62.7 Å². The van der Waals surface area contributed by atoms with Crippen molar-refractivity contribution in [2.24, 2.45) is 0 Å². The van der Waals surface area contributed by atoms with Crippen LogP contribution in [0.5, 0.6) is 17.2 Å². The summed E-state index contributed by atoms with van der Waals surface area (Å²) in [5.74, 6) is 1.12. The van der Waals surface area contributed by atoms with Gasteiger partial charge in [-0.3, -0.25) is 14.3 Å². The lowest BCUT2D eigenvalue weighted by atomic mass is 9.95. The average Bonchev–Trinajstić information content (AvgIpc) is 3.53. The maximum Gasteiger partial charge on any atom is 0.416 e. The third-order valence-electron chi connectivity index (χ3n) is 6.49. The van der Waals surface area contributed by atoms with Crippen LogP contribution in [0.2, 0.25) is 0 Å². The van der Waals surface area contributed by atoms with Crippen LogP contribution in [0.15, 0.2) is 42.9 Å². The van der Waals surface area contributed by atoms with Crippen LogP contribution in [0.3, 0.4) is 0 Å². The van der Waals surface area contributed by atoms with Crippen molar-refractivity contribution < 1.29 is 28.1 Å². The van der Waals surface area contributed by atoms with Gasteiger partial charge in [0.15, 0.2) is 17.2 Å². The first-order valence-electron chi connectivity index (χ1n) is 12.2. The van der Waals surface area contributed by atoms with Gasteiger partial charge in [-0.15, -0.1) is 10.2 Å². The zero-order valence-corrected chi connectivity index (χ0v) is 21.4. The summed E-state index contributed by atoms with van der Waals surface area (Å²) in [6.07, 6.45) is 2.46. The maximum atomic E-state index is 15.3. The van der Waals surface area contributed by atoms with Crippen molar-refractivity contribution in [2.75, 3.05) is 25.2 Å². The molecule has 0 saturated carbocycles. The van der Waals surface area contributed by atoms with Gasteiger partial charge in [-0.25, -0.2) is 9.18 Å². The van der Waals surface area contributed by atoms with E-state index in [1.807, 2.05) is 0 Å². The van der Waals surface area contributed by atoms with E-state index in [0.717, 1.165) is 0 Å². The molecule has 5 heterocycles. The quantitative estimate of drug-likeness (QED) is 0.374. The number of fused-ring (bicyclic) bond motifs is 3. The summed E-state index contributed by atoms with van der Waals surface area (Å²) in [6.45, 7) is 5.74. The molecule has 0 bridgehead atoms. The van der Waals surface area contributed by atoms with E-state index in [1.165, 1.54) is 17.3 Å². The summed E-state index contributed by atoms with van der Waals surface area (Å²) in [5, 5.41) is 8.43. The summed E-state index contributed by atoms with van der Waals surface area (Å²) in [4.78, 5) is 19.6. The zero-order valence-electron chi connectivity index (χ0n) is 21.4. The molecule has 1 atom stereocenters. The molecule has 10 nitrogen and oxygen atoms in total. The number of hydrogen-bond donors (Lipinski definition) is 0. The third-order valence-corrected chi connectivity index (χ3v) is 6.49. The second-order valence-electron chi connectivity index (χ2n) is 10.1. The number of pyridine rings is 2. The number of ether oxygens (including phenoxy) is 4. The lowest BCUT2D eigenvalue weighted by Gasteiger charge is -2.29. The number of aromatic nitrogens is 4. The third kappa shape index (κ3) is 3.94. The second kappa shape index (κ2) is 8.86. The second-order valence-corrected chi connectivity index (χ2v) is 10.1. The van der Waals surface area contributed by atoms with Crippen LogP contribution in [0.4, 0.5) is 15.0 Å². The van der Waals surface area contributed by atoms with Gasteiger partial charge in [0.05, 0.1) is 38.3 Å². The predicted molar refractivity (Wildman–Crippen MR) is 135 cm³/mol. The summed E-state index contributed by atoms with van der Waals surface area (Å²) >= 11 is 0. The van der Waals surface area contributed by atoms with Crippen LogP contribution >= 0.6 is 0 Å². The van der Waals surface area contributed by atoms with Crippen molar-refractivity contribution in [3.63, 3.8) is 0 Å². The molecule has 0 saturated heterocycles. The molecule has 196 valence electrons. The van der Waals surface area contributed by atoms with Crippen LogP contribution < -0.4 is 19.1 Å². The molecule has 6 rings (SSSR count). The minimum atomic E-state index is -0.799. The van der Waals surface area contributed by atoms with Gasteiger partial charge in [0.25, 0.3) is 0 Å². The predicted octanol–water partition coefficient (Wildman–Crippen LogP) is 4.75. The number of carbonyl (C=O) groups is 1.